The molecular formula is C12H17F3N4O. The largest absolute Gasteiger partial charge is 0.404 e. The van der Waals surface area contributed by atoms with Crippen LogP contribution in [0.5, 0.6) is 0 Å². The third kappa shape index (κ3) is 3.30. The SMILES string of the molecule is Cc1cc(C(=O)N[C@H]2CC[C@@H](C(F)(F)F)N(C)C2)n[nH]1. The molecule has 0 radical (unpaired) electrons. The molecule has 2 atom stereocenters. The molecule has 1 aliphatic heterocycles. The number of amides is 1. The van der Waals surface area contributed by atoms with Crippen molar-refractivity contribution in [2.75, 3.05) is 13.6 Å². The lowest BCUT2D eigenvalue weighted by Gasteiger charge is -2.38. The summed E-state index contributed by atoms with van der Waals surface area (Å²) in [6.07, 6.45) is -3.92. The summed E-state index contributed by atoms with van der Waals surface area (Å²) in [6, 6.07) is -0.119. The molecule has 1 saturated heterocycles. The number of rotatable bonds is 2. The van der Waals surface area contributed by atoms with Gasteiger partial charge in [0, 0.05) is 18.3 Å². The Morgan fingerprint density at radius 1 is 1.50 bits per heavy atom. The standard InChI is InChI=1S/C12H17F3N4O/c1-7-5-9(18-17-7)11(20)16-8-3-4-10(12(13,14)15)19(2)6-8/h5,8,10H,3-4,6H2,1-2H3,(H,16,20)(H,17,18)/t8-,10-/m0/s1. The summed E-state index contributed by atoms with van der Waals surface area (Å²) in [7, 11) is 1.43. The van der Waals surface area contributed by atoms with Crippen molar-refractivity contribution in [2.45, 2.75) is 38.0 Å². The number of hydrogen-bond acceptors (Lipinski definition) is 3. The Morgan fingerprint density at radius 2 is 2.20 bits per heavy atom. The molecule has 2 heterocycles. The van der Waals surface area contributed by atoms with E-state index in [0.717, 1.165) is 5.69 Å². The van der Waals surface area contributed by atoms with Crippen LogP contribution in [0, 0.1) is 6.92 Å². The van der Waals surface area contributed by atoms with Crippen LogP contribution in [0.4, 0.5) is 13.2 Å². The Kier molecular flexibility index (Phi) is 4.03. The Labute approximate surface area is 114 Å². The van der Waals surface area contributed by atoms with Crippen molar-refractivity contribution < 1.29 is 18.0 Å². The number of likely N-dealkylation sites (N-methyl/N-ethyl adjacent to an activating group) is 1. The summed E-state index contributed by atoms with van der Waals surface area (Å²) in [4.78, 5) is 13.1. The van der Waals surface area contributed by atoms with Gasteiger partial charge >= 0.3 is 6.18 Å². The first kappa shape index (κ1) is 14.8. The first-order valence-electron chi connectivity index (χ1n) is 6.37. The fraction of sp³-hybridized carbons (Fsp3) is 0.667. The van der Waals surface area contributed by atoms with Gasteiger partial charge in [-0.15, -0.1) is 0 Å². The van der Waals surface area contributed by atoms with Crippen LogP contribution in [0.15, 0.2) is 6.07 Å². The number of nitrogens with one attached hydrogen (secondary N) is 2. The quantitative estimate of drug-likeness (QED) is 0.867. The Balaban J connectivity index is 1.92. The number of aromatic amines is 1. The zero-order valence-electron chi connectivity index (χ0n) is 11.3. The molecule has 0 spiro atoms. The summed E-state index contributed by atoms with van der Waals surface area (Å²) in [5.74, 6) is -0.363. The molecular weight excluding hydrogens is 273 g/mol. The average Bonchev–Trinajstić information content (AvgIpc) is 2.74. The third-order valence-electron chi connectivity index (χ3n) is 3.48. The van der Waals surface area contributed by atoms with Crippen LogP contribution in [0.25, 0.3) is 0 Å². The van der Waals surface area contributed by atoms with Gasteiger partial charge in [0.2, 0.25) is 0 Å². The lowest BCUT2D eigenvalue weighted by atomic mass is 9.98. The summed E-state index contributed by atoms with van der Waals surface area (Å²) < 4.78 is 38.1. The van der Waals surface area contributed by atoms with Crippen molar-refractivity contribution in [1.29, 1.82) is 0 Å². The van der Waals surface area contributed by atoms with Crippen molar-refractivity contribution in [3.63, 3.8) is 0 Å². The Hall–Kier alpha value is -1.57. The second-order valence-electron chi connectivity index (χ2n) is 5.18. The van der Waals surface area contributed by atoms with Gasteiger partial charge in [-0.2, -0.15) is 18.3 Å². The van der Waals surface area contributed by atoms with E-state index in [1.54, 1.807) is 13.0 Å². The fourth-order valence-electron chi connectivity index (χ4n) is 2.47. The Bertz CT molecular complexity index is 485. The van der Waals surface area contributed by atoms with E-state index in [-0.39, 0.29) is 30.6 Å². The highest BCUT2D eigenvalue weighted by Crippen LogP contribution is 2.30. The van der Waals surface area contributed by atoms with E-state index in [1.807, 2.05) is 0 Å². The first-order chi connectivity index (χ1) is 9.27. The van der Waals surface area contributed by atoms with E-state index in [4.69, 9.17) is 0 Å². The van der Waals surface area contributed by atoms with Crippen molar-refractivity contribution in [1.82, 2.24) is 20.4 Å². The summed E-state index contributed by atoms with van der Waals surface area (Å²) in [5.41, 5.74) is 1.01. The summed E-state index contributed by atoms with van der Waals surface area (Å²) >= 11 is 0. The third-order valence-corrected chi connectivity index (χ3v) is 3.48. The number of alkyl halides is 3. The molecule has 0 saturated carbocycles. The second kappa shape index (κ2) is 5.43. The van der Waals surface area contributed by atoms with E-state index in [1.165, 1.54) is 11.9 Å². The molecule has 1 aliphatic rings. The maximum atomic E-state index is 12.7. The minimum absolute atomic E-state index is 0.00938. The van der Waals surface area contributed by atoms with Gasteiger partial charge in [-0.05, 0) is 32.9 Å². The van der Waals surface area contributed by atoms with Crippen molar-refractivity contribution >= 4 is 5.91 Å². The molecule has 112 valence electrons. The lowest BCUT2D eigenvalue weighted by molar-refractivity contribution is -0.188. The topological polar surface area (TPSA) is 61.0 Å². The van der Waals surface area contributed by atoms with E-state index in [2.05, 4.69) is 15.5 Å². The zero-order chi connectivity index (χ0) is 14.9. The molecule has 0 aliphatic carbocycles. The van der Waals surface area contributed by atoms with Gasteiger partial charge in [0.15, 0.2) is 0 Å². The van der Waals surface area contributed by atoms with Gasteiger partial charge in [0.05, 0.1) is 0 Å². The van der Waals surface area contributed by atoms with Crippen LogP contribution >= 0.6 is 0 Å². The molecule has 1 amide bonds. The predicted molar refractivity (Wildman–Crippen MR) is 66.3 cm³/mol. The maximum absolute atomic E-state index is 12.7. The van der Waals surface area contributed by atoms with Crippen LogP contribution in [-0.4, -0.2) is 52.9 Å². The number of aryl methyl sites for hydroxylation is 1. The zero-order valence-corrected chi connectivity index (χ0v) is 11.3. The number of piperidine rings is 1. The molecule has 0 unspecified atom stereocenters. The van der Waals surface area contributed by atoms with E-state index in [9.17, 15) is 18.0 Å². The fourth-order valence-corrected chi connectivity index (χ4v) is 2.47. The monoisotopic (exact) mass is 290 g/mol. The molecule has 5 nitrogen and oxygen atoms in total. The smallest absolute Gasteiger partial charge is 0.347 e. The summed E-state index contributed by atoms with van der Waals surface area (Å²) in [6.45, 7) is 1.95. The van der Waals surface area contributed by atoms with Crippen molar-refractivity contribution in [3.8, 4) is 0 Å². The maximum Gasteiger partial charge on any atom is 0.404 e. The lowest BCUT2D eigenvalue weighted by Crippen LogP contribution is -2.54. The van der Waals surface area contributed by atoms with Crippen LogP contribution < -0.4 is 5.32 Å². The molecule has 20 heavy (non-hydrogen) atoms. The minimum atomic E-state index is -4.22. The first-order valence-corrected chi connectivity index (χ1v) is 6.37. The van der Waals surface area contributed by atoms with E-state index < -0.39 is 12.2 Å². The minimum Gasteiger partial charge on any atom is -0.347 e. The predicted octanol–water partition coefficient (Wildman–Crippen LogP) is 1.47. The number of halogens is 3. The van der Waals surface area contributed by atoms with Crippen molar-refractivity contribution in [3.05, 3.63) is 17.5 Å². The van der Waals surface area contributed by atoms with Crippen LogP contribution in [-0.2, 0) is 0 Å². The molecule has 2 N–H and O–H groups in total. The number of likely N-dealkylation sites (tertiary alicyclic amines) is 1. The van der Waals surface area contributed by atoms with Gasteiger partial charge in [0.25, 0.3) is 5.91 Å². The molecule has 0 bridgehead atoms. The highest BCUT2D eigenvalue weighted by Gasteiger charge is 2.44. The normalized spacial score (nSPS) is 24.6. The number of nitrogens with zero attached hydrogens (tertiary/aromatic N) is 2. The van der Waals surface area contributed by atoms with Gasteiger partial charge in [0.1, 0.15) is 11.7 Å². The number of carbonyl (C=O) groups excluding carboxylic acids is 1. The van der Waals surface area contributed by atoms with E-state index >= 15 is 0 Å². The number of hydrogen-bond donors (Lipinski definition) is 2. The highest BCUT2D eigenvalue weighted by molar-refractivity contribution is 5.92. The molecule has 0 aromatic carbocycles. The van der Waals surface area contributed by atoms with Gasteiger partial charge in [-0.1, -0.05) is 0 Å². The number of H-pyrrole nitrogens is 1. The molecule has 1 fully saturated rings. The molecule has 2 rings (SSSR count). The highest BCUT2D eigenvalue weighted by atomic mass is 19.4. The van der Waals surface area contributed by atoms with Gasteiger partial charge in [-0.25, -0.2) is 0 Å². The second-order valence-corrected chi connectivity index (χ2v) is 5.18. The molecule has 1 aromatic heterocycles. The van der Waals surface area contributed by atoms with Crippen LogP contribution in [0.3, 0.4) is 0 Å². The van der Waals surface area contributed by atoms with Gasteiger partial charge in [-0.3, -0.25) is 14.8 Å². The van der Waals surface area contributed by atoms with Crippen LogP contribution in [0.1, 0.15) is 29.0 Å². The molecule has 8 heteroatoms. The van der Waals surface area contributed by atoms with E-state index in [0.29, 0.717) is 6.42 Å². The number of carbonyl (C=O) groups is 1. The average molecular weight is 290 g/mol. The summed E-state index contributed by atoms with van der Waals surface area (Å²) in [5, 5.41) is 9.20. The molecule has 1 aromatic rings. The van der Waals surface area contributed by atoms with Crippen LogP contribution in [0.2, 0.25) is 0 Å². The Morgan fingerprint density at radius 3 is 2.70 bits per heavy atom. The van der Waals surface area contributed by atoms with Gasteiger partial charge < -0.3 is 5.32 Å². The van der Waals surface area contributed by atoms with Crippen molar-refractivity contribution in [2.24, 2.45) is 0 Å². The number of aromatic nitrogens is 2.